The van der Waals surface area contributed by atoms with E-state index in [1.165, 1.54) is 6.07 Å². The molecule has 0 heterocycles. The van der Waals surface area contributed by atoms with Crippen LogP contribution in [0.4, 0.5) is 15.8 Å². The molecule has 2 aromatic carbocycles. The maximum Gasteiger partial charge on any atom is 0.172 e. The standard InChI is InChI=1S/C15H16FN3O/c1-2-19(14-10-6-4-8-12(14)16)13-9-5-3-7-11(13)15(17)18-20/h3-10,20H,2H2,1H3,(H2,17,18). The molecule has 5 heteroatoms. The van der Waals surface area contributed by atoms with Crippen molar-refractivity contribution in [2.24, 2.45) is 10.9 Å². The number of halogens is 1. The first-order chi connectivity index (χ1) is 9.69. The monoisotopic (exact) mass is 273 g/mol. The fraction of sp³-hybridized carbons (Fsp3) is 0.133. The zero-order valence-electron chi connectivity index (χ0n) is 11.1. The van der Waals surface area contributed by atoms with Crippen molar-refractivity contribution in [1.29, 1.82) is 0 Å². The van der Waals surface area contributed by atoms with Crippen molar-refractivity contribution in [2.45, 2.75) is 6.92 Å². The van der Waals surface area contributed by atoms with Crippen LogP contribution in [-0.2, 0) is 0 Å². The second-order valence-corrected chi connectivity index (χ2v) is 4.20. The van der Waals surface area contributed by atoms with Crippen LogP contribution < -0.4 is 10.6 Å². The van der Waals surface area contributed by atoms with Gasteiger partial charge in [0.2, 0.25) is 0 Å². The molecule has 0 saturated heterocycles. The SMILES string of the molecule is CCN(c1ccccc1F)c1ccccc1C(N)=NO. The number of para-hydroxylation sites is 2. The van der Waals surface area contributed by atoms with Gasteiger partial charge in [-0.25, -0.2) is 4.39 Å². The maximum absolute atomic E-state index is 14.0. The van der Waals surface area contributed by atoms with Crippen LogP contribution in [0.3, 0.4) is 0 Å². The molecule has 2 aromatic rings. The lowest BCUT2D eigenvalue weighted by atomic mass is 10.1. The summed E-state index contributed by atoms with van der Waals surface area (Å²) in [6, 6.07) is 13.7. The van der Waals surface area contributed by atoms with Gasteiger partial charge in [0.15, 0.2) is 5.84 Å². The predicted molar refractivity (Wildman–Crippen MR) is 78.0 cm³/mol. The third-order valence-corrected chi connectivity index (χ3v) is 3.04. The average molecular weight is 273 g/mol. The Hall–Kier alpha value is -2.56. The van der Waals surface area contributed by atoms with Crippen molar-refractivity contribution in [3.8, 4) is 0 Å². The van der Waals surface area contributed by atoms with Crippen molar-refractivity contribution < 1.29 is 9.60 Å². The Labute approximate surface area is 116 Å². The first-order valence-electron chi connectivity index (χ1n) is 6.28. The predicted octanol–water partition coefficient (Wildman–Crippen LogP) is 3.08. The number of amidine groups is 1. The number of benzene rings is 2. The van der Waals surface area contributed by atoms with Gasteiger partial charge in [0.05, 0.1) is 11.4 Å². The largest absolute Gasteiger partial charge is 0.409 e. The molecule has 2 rings (SSSR count). The first kappa shape index (κ1) is 13.9. The van der Waals surface area contributed by atoms with Crippen LogP contribution in [0.25, 0.3) is 0 Å². The van der Waals surface area contributed by atoms with Crippen molar-refractivity contribution >= 4 is 17.2 Å². The van der Waals surface area contributed by atoms with Crippen LogP contribution in [0.2, 0.25) is 0 Å². The third kappa shape index (κ3) is 2.56. The lowest BCUT2D eigenvalue weighted by Crippen LogP contribution is -2.23. The molecule has 0 aromatic heterocycles. The van der Waals surface area contributed by atoms with Gasteiger partial charge in [0.1, 0.15) is 5.82 Å². The van der Waals surface area contributed by atoms with Gasteiger partial charge in [0, 0.05) is 12.1 Å². The molecule has 0 amide bonds. The van der Waals surface area contributed by atoms with Gasteiger partial charge in [-0.1, -0.05) is 29.4 Å². The molecular weight excluding hydrogens is 257 g/mol. The minimum Gasteiger partial charge on any atom is -0.409 e. The van der Waals surface area contributed by atoms with Gasteiger partial charge in [-0.3, -0.25) is 0 Å². The highest BCUT2D eigenvalue weighted by atomic mass is 19.1. The Morgan fingerprint density at radius 3 is 2.35 bits per heavy atom. The fourth-order valence-corrected chi connectivity index (χ4v) is 2.12. The lowest BCUT2D eigenvalue weighted by Gasteiger charge is -2.25. The van der Waals surface area contributed by atoms with Gasteiger partial charge in [-0.2, -0.15) is 0 Å². The second kappa shape index (κ2) is 6.06. The summed E-state index contributed by atoms with van der Waals surface area (Å²) in [5.41, 5.74) is 7.38. The summed E-state index contributed by atoms with van der Waals surface area (Å²) in [5, 5.41) is 11.9. The molecule has 0 aliphatic heterocycles. The topological polar surface area (TPSA) is 61.8 Å². The summed E-state index contributed by atoms with van der Waals surface area (Å²) in [6.07, 6.45) is 0. The Kier molecular flexibility index (Phi) is 4.20. The van der Waals surface area contributed by atoms with Crippen LogP contribution in [0.15, 0.2) is 53.7 Å². The smallest absolute Gasteiger partial charge is 0.172 e. The second-order valence-electron chi connectivity index (χ2n) is 4.20. The van der Waals surface area contributed by atoms with E-state index in [0.717, 1.165) is 0 Å². The van der Waals surface area contributed by atoms with E-state index in [-0.39, 0.29) is 11.7 Å². The van der Waals surface area contributed by atoms with Crippen molar-refractivity contribution in [1.82, 2.24) is 0 Å². The number of nitrogens with zero attached hydrogens (tertiary/aromatic N) is 2. The summed E-state index contributed by atoms with van der Waals surface area (Å²) in [4.78, 5) is 1.78. The normalized spacial score (nSPS) is 11.4. The Morgan fingerprint density at radius 1 is 1.15 bits per heavy atom. The Bertz CT molecular complexity index is 628. The van der Waals surface area contributed by atoms with E-state index in [9.17, 15) is 4.39 Å². The van der Waals surface area contributed by atoms with Gasteiger partial charge in [-0.05, 0) is 31.2 Å². The van der Waals surface area contributed by atoms with Crippen LogP contribution >= 0.6 is 0 Å². The maximum atomic E-state index is 14.0. The van der Waals surface area contributed by atoms with Crippen molar-refractivity contribution in [3.63, 3.8) is 0 Å². The van der Waals surface area contributed by atoms with Gasteiger partial charge in [0.25, 0.3) is 0 Å². The van der Waals surface area contributed by atoms with E-state index in [1.54, 1.807) is 35.2 Å². The van der Waals surface area contributed by atoms with Crippen LogP contribution in [0.1, 0.15) is 12.5 Å². The molecule has 3 N–H and O–H groups in total. The summed E-state index contributed by atoms with van der Waals surface area (Å²) in [6.45, 7) is 2.46. The minimum atomic E-state index is -0.316. The Morgan fingerprint density at radius 2 is 1.75 bits per heavy atom. The highest BCUT2D eigenvalue weighted by molar-refractivity contribution is 6.02. The van der Waals surface area contributed by atoms with E-state index >= 15 is 0 Å². The summed E-state index contributed by atoms with van der Waals surface area (Å²) in [5.74, 6) is -0.320. The number of rotatable bonds is 4. The molecule has 0 saturated carbocycles. The summed E-state index contributed by atoms with van der Waals surface area (Å²) in [7, 11) is 0. The average Bonchev–Trinajstić information content (AvgIpc) is 2.49. The number of oxime groups is 1. The van der Waals surface area contributed by atoms with Crippen LogP contribution in [0, 0.1) is 5.82 Å². The highest BCUT2D eigenvalue weighted by Crippen LogP contribution is 2.30. The van der Waals surface area contributed by atoms with E-state index in [2.05, 4.69) is 5.16 Å². The molecule has 0 aliphatic carbocycles. The van der Waals surface area contributed by atoms with E-state index in [4.69, 9.17) is 10.9 Å². The van der Waals surface area contributed by atoms with Crippen LogP contribution in [-0.4, -0.2) is 17.6 Å². The van der Waals surface area contributed by atoms with Crippen molar-refractivity contribution in [2.75, 3.05) is 11.4 Å². The van der Waals surface area contributed by atoms with Crippen molar-refractivity contribution in [3.05, 3.63) is 59.9 Å². The summed E-state index contributed by atoms with van der Waals surface area (Å²) < 4.78 is 14.0. The molecule has 20 heavy (non-hydrogen) atoms. The number of anilines is 2. The molecule has 104 valence electrons. The van der Waals surface area contributed by atoms with Crippen LogP contribution in [0.5, 0.6) is 0 Å². The minimum absolute atomic E-state index is 0.00427. The number of hydrogen-bond donors (Lipinski definition) is 2. The Balaban J connectivity index is 2.56. The number of nitrogens with two attached hydrogens (primary N) is 1. The molecule has 0 radical (unpaired) electrons. The van der Waals surface area contributed by atoms with E-state index < -0.39 is 0 Å². The number of hydrogen-bond acceptors (Lipinski definition) is 3. The lowest BCUT2D eigenvalue weighted by molar-refractivity contribution is 0.318. The van der Waals surface area contributed by atoms with E-state index in [1.807, 2.05) is 19.1 Å². The first-order valence-corrected chi connectivity index (χ1v) is 6.28. The molecule has 4 nitrogen and oxygen atoms in total. The van der Waals surface area contributed by atoms with Gasteiger partial charge in [-0.15, -0.1) is 0 Å². The molecule has 0 atom stereocenters. The zero-order valence-corrected chi connectivity index (χ0v) is 11.1. The van der Waals surface area contributed by atoms with Gasteiger partial charge >= 0.3 is 0 Å². The quantitative estimate of drug-likeness (QED) is 0.389. The summed E-state index contributed by atoms with van der Waals surface area (Å²) >= 11 is 0. The third-order valence-electron chi connectivity index (χ3n) is 3.04. The molecule has 0 bridgehead atoms. The molecular formula is C15H16FN3O. The van der Waals surface area contributed by atoms with E-state index in [0.29, 0.717) is 23.5 Å². The highest BCUT2D eigenvalue weighted by Gasteiger charge is 2.16. The molecule has 0 spiro atoms. The van der Waals surface area contributed by atoms with Gasteiger partial charge < -0.3 is 15.8 Å². The molecule has 0 unspecified atom stereocenters. The fourth-order valence-electron chi connectivity index (χ4n) is 2.12. The molecule has 0 aliphatic rings. The molecule has 0 fully saturated rings. The zero-order chi connectivity index (χ0) is 14.5.